The van der Waals surface area contributed by atoms with E-state index in [0.717, 1.165) is 6.07 Å². The molecule has 17 heavy (non-hydrogen) atoms. The van der Waals surface area contributed by atoms with Gasteiger partial charge in [-0.2, -0.15) is 0 Å². The van der Waals surface area contributed by atoms with Crippen LogP contribution in [0.15, 0.2) is 18.2 Å². The zero-order valence-electron chi connectivity index (χ0n) is 9.13. The first kappa shape index (κ1) is 13.9. The number of aliphatic hydroxyl groups excluding tert-OH is 2. The Morgan fingerprint density at radius 2 is 2.18 bits per heavy atom. The summed E-state index contributed by atoms with van der Waals surface area (Å²) in [7, 11) is 1.63. The summed E-state index contributed by atoms with van der Waals surface area (Å²) in [4.78, 5) is 10.0. The summed E-state index contributed by atoms with van der Waals surface area (Å²) >= 11 is 5.64. The number of benzene rings is 1. The van der Waals surface area contributed by atoms with Gasteiger partial charge in [-0.3, -0.25) is 10.1 Å². The first-order valence-corrected chi connectivity index (χ1v) is 5.29. The van der Waals surface area contributed by atoms with Gasteiger partial charge in [-0.15, -0.1) is 0 Å². The van der Waals surface area contributed by atoms with Gasteiger partial charge in [0.15, 0.2) is 0 Å². The van der Waals surface area contributed by atoms with E-state index in [4.69, 9.17) is 11.6 Å². The van der Waals surface area contributed by atoms with Crippen LogP contribution in [0.3, 0.4) is 0 Å². The SMILES string of the molecule is CNCC(O)C(O)c1ccc(Cl)c([N+](=O)[O-])c1. The lowest BCUT2D eigenvalue weighted by Gasteiger charge is -2.17. The Labute approximate surface area is 103 Å². The maximum Gasteiger partial charge on any atom is 0.288 e. The Morgan fingerprint density at radius 1 is 1.53 bits per heavy atom. The Bertz CT molecular complexity index is 413. The fraction of sp³-hybridized carbons (Fsp3) is 0.400. The van der Waals surface area contributed by atoms with Gasteiger partial charge in [0.25, 0.3) is 5.69 Å². The van der Waals surface area contributed by atoms with Crippen LogP contribution >= 0.6 is 11.6 Å². The van der Waals surface area contributed by atoms with Gasteiger partial charge >= 0.3 is 0 Å². The van der Waals surface area contributed by atoms with Crippen LogP contribution in [0.2, 0.25) is 5.02 Å². The van der Waals surface area contributed by atoms with Crippen molar-refractivity contribution in [2.75, 3.05) is 13.6 Å². The molecule has 0 heterocycles. The molecular weight excluding hydrogens is 248 g/mol. The topological polar surface area (TPSA) is 95.6 Å². The number of nitro benzene ring substituents is 1. The minimum Gasteiger partial charge on any atom is -0.389 e. The average molecular weight is 261 g/mol. The van der Waals surface area contributed by atoms with Crippen molar-refractivity contribution >= 4 is 17.3 Å². The van der Waals surface area contributed by atoms with Crippen molar-refractivity contribution in [1.29, 1.82) is 0 Å². The third kappa shape index (κ3) is 3.37. The third-order valence-electron chi connectivity index (χ3n) is 2.29. The summed E-state index contributed by atoms with van der Waals surface area (Å²) in [5, 5.41) is 32.7. The lowest BCUT2D eigenvalue weighted by Crippen LogP contribution is -2.29. The predicted molar refractivity (Wildman–Crippen MR) is 63.0 cm³/mol. The van der Waals surface area contributed by atoms with Gasteiger partial charge in [0.05, 0.1) is 11.0 Å². The Kier molecular flexibility index (Phi) is 4.83. The molecule has 0 aromatic heterocycles. The number of nitrogens with zero attached hydrogens (tertiary/aromatic N) is 1. The van der Waals surface area contributed by atoms with Crippen LogP contribution in [0.1, 0.15) is 11.7 Å². The molecule has 0 fully saturated rings. The highest BCUT2D eigenvalue weighted by Crippen LogP contribution is 2.28. The van der Waals surface area contributed by atoms with E-state index in [1.807, 2.05) is 0 Å². The van der Waals surface area contributed by atoms with Gasteiger partial charge < -0.3 is 15.5 Å². The Morgan fingerprint density at radius 3 is 2.71 bits per heavy atom. The molecule has 2 unspecified atom stereocenters. The van der Waals surface area contributed by atoms with Gasteiger partial charge in [-0.05, 0) is 18.7 Å². The number of hydrogen-bond donors (Lipinski definition) is 3. The molecule has 0 spiro atoms. The summed E-state index contributed by atoms with van der Waals surface area (Å²) in [6, 6.07) is 3.93. The van der Waals surface area contributed by atoms with E-state index in [-0.39, 0.29) is 22.8 Å². The third-order valence-corrected chi connectivity index (χ3v) is 2.61. The van der Waals surface area contributed by atoms with Crippen LogP contribution in [0.25, 0.3) is 0 Å². The monoisotopic (exact) mass is 260 g/mol. The predicted octanol–water partition coefficient (Wildman–Crippen LogP) is 0.862. The molecule has 1 rings (SSSR count). The van der Waals surface area contributed by atoms with Crippen LogP contribution in [0, 0.1) is 10.1 Å². The van der Waals surface area contributed by atoms with Gasteiger partial charge in [0.2, 0.25) is 0 Å². The zero-order valence-corrected chi connectivity index (χ0v) is 9.89. The highest BCUT2D eigenvalue weighted by atomic mass is 35.5. The summed E-state index contributed by atoms with van der Waals surface area (Å²) in [6.07, 6.45) is -2.24. The summed E-state index contributed by atoms with van der Waals surface area (Å²) in [5.74, 6) is 0. The van der Waals surface area contributed by atoms with Gasteiger partial charge in [-0.25, -0.2) is 0 Å². The summed E-state index contributed by atoms with van der Waals surface area (Å²) < 4.78 is 0. The van der Waals surface area contributed by atoms with E-state index in [9.17, 15) is 20.3 Å². The Hall–Kier alpha value is -1.21. The van der Waals surface area contributed by atoms with Crippen molar-refractivity contribution in [1.82, 2.24) is 5.32 Å². The first-order chi connectivity index (χ1) is 7.97. The molecule has 0 radical (unpaired) electrons. The average Bonchev–Trinajstić information content (AvgIpc) is 2.28. The second-order valence-electron chi connectivity index (χ2n) is 3.54. The second-order valence-corrected chi connectivity index (χ2v) is 3.95. The van der Waals surface area contributed by atoms with E-state index in [1.54, 1.807) is 7.05 Å². The molecule has 7 heteroatoms. The molecule has 0 saturated carbocycles. The van der Waals surface area contributed by atoms with E-state index in [0.29, 0.717) is 0 Å². The standard InChI is InChI=1S/C10H13ClN2O4/c1-12-5-9(14)10(15)6-2-3-7(11)8(4-6)13(16)17/h2-4,9-10,12,14-15H,5H2,1H3. The molecule has 1 aromatic rings. The van der Waals surface area contributed by atoms with Crippen molar-refractivity contribution in [2.24, 2.45) is 0 Å². The van der Waals surface area contributed by atoms with Crippen LogP contribution in [-0.2, 0) is 0 Å². The van der Waals surface area contributed by atoms with Crippen molar-refractivity contribution in [3.63, 3.8) is 0 Å². The molecule has 6 nitrogen and oxygen atoms in total. The highest BCUT2D eigenvalue weighted by Gasteiger charge is 2.21. The first-order valence-electron chi connectivity index (χ1n) is 4.92. The molecule has 1 aromatic carbocycles. The van der Waals surface area contributed by atoms with Gasteiger partial charge in [0, 0.05) is 12.6 Å². The maximum absolute atomic E-state index is 10.7. The quantitative estimate of drug-likeness (QED) is 0.539. The minimum atomic E-state index is -1.20. The van der Waals surface area contributed by atoms with E-state index >= 15 is 0 Å². The molecule has 0 amide bonds. The van der Waals surface area contributed by atoms with Crippen LogP contribution < -0.4 is 5.32 Å². The molecule has 0 aliphatic heterocycles. The smallest absolute Gasteiger partial charge is 0.288 e. The molecule has 0 aliphatic rings. The Balaban J connectivity index is 2.99. The number of halogens is 1. The zero-order chi connectivity index (χ0) is 13.0. The fourth-order valence-corrected chi connectivity index (χ4v) is 1.58. The summed E-state index contributed by atoms with van der Waals surface area (Å²) in [5.41, 5.74) is -0.0382. The largest absolute Gasteiger partial charge is 0.389 e. The van der Waals surface area contributed by atoms with E-state index in [1.165, 1.54) is 12.1 Å². The molecule has 2 atom stereocenters. The number of hydrogen-bond acceptors (Lipinski definition) is 5. The fourth-order valence-electron chi connectivity index (χ4n) is 1.40. The lowest BCUT2D eigenvalue weighted by atomic mass is 10.0. The molecular formula is C10H13ClN2O4. The van der Waals surface area contributed by atoms with Crippen LogP contribution in [0.5, 0.6) is 0 Å². The molecule has 94 valence electrons. The van der Waals surface area contributed by atoms with Crippen molar-refractivity contribution in [3.8, 4) is 0 Å². The number of aliphatic hydroxyl groups is 2. The minimum absolute atomic E-state index is 0.00550. The van der Waals surface area contributed by atoms with Crippen molar-refractivity contribution in [2.45, 2.75) is 12.2 Å². The van der Waals surface area contributed by atoms with E-state index < -0.39 is 17.1 Å². The molecule has 0 bridgehead atoms. The molecule has 0 saturated heterocycles. The van der Waals surface area contributed by atoms with Gasteiger partial charge in [0.1, 0.15) is 11.1 Å². The van der Waals surface area contributed by atoms with Crippen LogP contribution in [-0.4, -0.2) is 34.8 Å². The number of nitrogens with one attached hydrogen (secondary N) is 1. The highest BCUT2D eigenvalue weighted by molar-refractivity contribution is 6.32. The van der Waals surface area contributed by atoms with E-state index in [2.05, 4.69) is 5.32 Å². The normalized spacial score (nSPS) is 14.4. The van der Waals surface area contributed by atoms with Crippen molar-refractivity contribution in [3.05, 3.63) is 38.9 Å². The molecule has 0 aliphatic carbocycles. The summed E-state index contributed by atoms with van der Waals surface area (Å²) in [6.45, 7) is 0.178. The van der Waals surface area contributed by atoms with Gasteiger partial charge in [-0.1, -0.05) is 17.7 Å². The second kappa shape index (κ2) is 5.92. The van der Waals surface area contributed by atoms with Crippen molar-refractivity contribution < 1.29 is 15.1 Å². The molecule has 3 N–H and O–H groups in total. The van der Waals surface area contributed by atoms with Crippen LogP contribution in [0.4, 0.5) is 5.69 Å². The maximum atomic E-state index is 10.7. The number of likely N-dealkylation sites (N-methyl/N-ethyl adjacent to an activating group) is 1. The number of nitro groups is 1. The lowest BCUT2D eigenvalue weighted by molar-refractivity contribution is -0.384. The number of rotatable bonds is 5.